The summed E-state index contributed by atoms with van der Waals surface area (Å²) in [7, 11) is 0. The Morgan fingerprint density at radius 1 is 1.00 bits per heavy atom. The Kier molecular flexibility index (Phi) is 3.64. The van der Waals surface area contributed by atoms with Gasteiger partial charge < -0.3 is 15.3 Å². The smallest absolute Gasteiger partial charge is 0.218 e. The monoisotopic (exact) mass is 328 g/mol. The van der Waals surface area contributed by atoms with E-state index in [0.717, 1.165) is 0 Å². The van der Waals surface area contributed by atoms with Crippen molar-refractivity contribution in [3.63, 3.8) is 0 Å². The Morgan fingerprint density at radius 2 is 1.61 bits per heavy atom. The lowest BCUT2D eigenvalue weighted by Gasteiger charge is -2.24. The van der Waals surface area contributed by atoms with Gasteiger partial charge in [-0.3, -0.25) is 0 Å². The van der Waals surface area contributed by atoms with Gasteiger partial charge >= 0.3 is 0 Å². The van der Waals surface area contributed by atoms with Crippen LogP contribution in [0.4, 0.5) is 0 Å². The maximum absolute atomic E-state index is 10.2. The first-order chi connectivity index (χ1) is 8.41. The maximum atomic E-state index is 10.2. The molecule has 0 atom stereocenters. The number of hydrogen-bond donors (Lipinski definition) is 3. The van der Waals surface area contributed by atoms with Gasteiger partial charge in [0.25, 0.3) is 0 Å². The quantitative estimate of drug-likeness (QED) is 0.742. The topological polar surface area (TPSA) is 60.7 Å². The second-order valence-electron chi connectivity index (χ2n) is 3.84. The van der Waals surface area contributed by atoms with Crippen molar-refractivity contribution in [1.82, 2.24) is 0 Å². The lowest BCUT2D eigenvalue weighted by Crippen LogP contribution is -2.26. The van der Waals surface area contributed by atoms with Crippen molar-refractivity contribution in [1.29, 1.82) is 0 Å². The zero-order chi connectivity index (χ0) is 13.3. The predicted molar refractivity (Wildman–Crippen MR) is 72.5 cm³/mol. The van der Waals surface area contributed by atoms with Gasteiger partial charge in [0.15, 0.2) is 0 Å². The number of aromatic hydroxyl groups is 1. The van der Waals surface area contributed by atoms with E-state index >= 15 is 0 Å². The Morgan fingerprint density at radius 3 is 2.22 bits per heavy atom. The zero-order valence-corrected chi connectivity index (χ0v) is 11.5. The second kappa shape index (κ2) is 4.90. The minimum atomic E-state index is -2.21. The first-order valence-electron chi connectivity index (χ1n) is 5.11. The average molecular weight is 330 g/mol. The summed E-state index contributed by atoms with van der Waals surface area (Å²) in [4.78, 5) is 0. The minimum absolute atomic E-state index is 0.0508. The number of rotatable bonds is 2. The lowest BCUT2D eigenvalue weighted by molar-refractivity contribution is -0.132. The molecule has 3 N–H and O–H groups in total. The van der Waals surface area contributed by atoms with E-state index in [1.165, 1.54) is 30.3 Å². The molecule has 0 saturated carbocycles. The lowest BCUT2D eigenvalue weighted by atomic mass is 9.97. The summed E-state index contributed by atoms with van der Waals surface area (Å²) < 4.78 is 0.688. The minimum Gasteiger partial charge on any atom is -0.508 e. The van der Waals surface area contributed by atoms with E-state index in [4.69, 9.17) is 11.6 Å². The van der Waals surface area contributed by atoms with Crippen LogP contribution in [0.5, 0.6) is 5.75 Å². The van der Waals surface area contributed by atoms with Crippen molar-refractivity contribution in [2.75, 3.05) is 0 Å². The molecule has 0 aromatic heterocycles. The van der Waals surface area contributed by atoms with E-state index in [1.54, 1.807) is 12.1 Å². The molecule has 0 heterocycles. The normalized spacial score (nSPS) is 11.6. The predicted octanol–water partition coefficient (Wildman–Crippen LogP) is 2.99. The summed E-state index contributed by atoms with van der Waals surface area (Å²) >= 11 is 9.22. The fourth-order valence-electron chi connectivity index (χ4n) is 1.61. The molecule has 2 aromatic carbocycles. The molecule has 3 nitrogen and oxygen atoms in total. The molecule has 0 spiro atoms. The zero-order valence-electron chi connectivity index (χ0n) is 9.14. The van der Waals surface area contributed by atoms with E-state index in [2.05, 4.69) is 15.9 Å². The summed E-state index contributed by atoms with van der Waals surface area (Å²) in [6.45, 7) is 0. The highest BCUT2D eigenvalue weighted by Gasteiger charge is 2.31. The molecular formula is C13H10BrClO3. The highest BCUT2D eigenvalue weighted by molar-refractivity contribution is 9.10. The van der Waals surface area contributed by atoms with Gasteiger partial charge in [-0.1, -0.05) is 27.5 Å². The number of hydrogen-bond acceptors (Lipinski definition) is 3. The van der Waals surface area contributed by atoms with E-state index in [-0.39, 0.29) is 21.9 Å². The van der Waals surface area contributed by atoms with E-state index in [1.807, 2.05) is 0 Å². The second-order valence-corrected chi connectivity index (χ2v) is 5.17. The van der Waals surface area contributed by atoms with E-state index < -0.39 is 5.79 Å². The number of benzene rings is 2. The van der Waals surface area contributed by atoms with Crippen LogP contribution in [0, 0.1) is 0 Å². The van der Waals surface area contributed by atoms with Crippen LogP contribution in [0.1, 0.15) is 11.1 Å². The molecule has 0 bridgehead atoms. The van der Waals surface area contributed by atoms with Crippen molar-refractivity contribution in [3.05, 3.63) is 63.1 Å². The van der Waals surface area contributed by atoms with Gasteiger partial charge in [-0.2, -0.15) is 0 Å². The van der Waals surface area contributed by atoms with Gasteiger partial charge in [-0.15, -0.1) is 0 Å². The molecule has 0 radical (unpaired) electrons. The summed E-state index contributed by atoms with van der Waals surface area (Å²) in [5.74, 6) is -2.16. The van der Waals surface area contributed by atoms with Crippen LogP contribution in [0.2, 0.25) is 5.02 Å². The molecule has 2 rings (SSSR count). The number of halogens is 2. The molecule has 0 unspecified atom stereocenters. The number of phenols is 1. The third-order valence-electron chi connectivity index (χ3n) is 2.57. The molecule has 5 heteroatoms. The number of aliphatic hydroxyl groups is 2. The molecule has 0 aliphatic rings. The maximum Gasteiger partial charge on any atom is 0.218 e. The van der Waals surface area contributed by atoms with Crippen LogP contribution in [0.3, 0.4) is 0 Å². The largest absolute Gasteiger partial charge is 0.508 e. The third-order valence-corrected chi connectivity index (χ3v) is 3.40. The fourth-order valence-corrected chi connectivity index (χ4v) is 2.22. The van der Waals surface area contributed by atoms with Gasteiger partial charge in [0.1, 0.15) is 5.75 Å². The summed E-state index contributed by atoms with van der Waals surface area (Å²) in [6, 6.07) is 10.4. The third kappa shape index (κ3) is 2.52. The molecular weight excluding hydrogens is 319 g/mol. The Hall–Kier alpha value is -1.07. The molecule has 0 saturated heterocycles. The Bertz CT molecular complexity index is 567. The Balaban J connectivity index is 2.53. The van der Waals surface area contributed by atoms with Crippen molar-refractivity contribution >= 4 is 27.5 Å². The van der Waals surface area contributed by atoms with E-state index in [9.17, 15) is 15.3 Å². The summed E-state index contributed by atoms with van der Waals surface area (Å²) in [5, 5.41) is 29.9. The SMILES string of the molecule is Oc1ccc(C(O)(O)c2cc(Br)ccc2Cl)cc1. The standard InChI is InChI=1S/C13H10BrClO3/c14-9-3-6-12(15)11(7-9)13(17,18)8-1-4-10(16)5-2-8/h1-7,16-18H. The summed E-state index contributed by atoms with van der Waals surface area (Å²) in [5.41, 5.74) is 0.393. The molecule has 0 aliphatic carbocycles. The molecule has 94 valence electrons. The van der Waals surface area contributed by atoms with Crippen molar-refractivity contribution < 1.29 is 15.3 Å². The van der Waals surface area contributed by atoms with Crippen LogP contribution in [-0.4, -0.2) is 15.3 Å². The highest BCUT2D eigenvalue weighted by Crippen LogP contribution is 2.34. The molecule has 2 aromatic rings. The molecule has 18 heavy (non-hydrogen) atoms. The van der Waals surface area contributed by atoms with Crippen molar-refractivity contribution in [3.8, 4) is 5.75 Å². The van der Waals surface area contributed by atoms with Gasteiger partial charge in [0, 0.05) is 20.6 Å². The van der Waals surface area contributed by atoms with Gasteiger partial charge in [-0.25, -0.2) is 0 Å². The molecule has 0 aliphatic heterocycles. The molecule has 0 fully saturated rings. The fraction of sp³-hybridized carbons (Fsp3) is 0.0769. The molecule has 0 amide bonds. The van der Waals surface area contributed by atoms with Crippen LogP contribution >= 0.6 is 27.5 Å². The van der Waals surface area contributed by atoms with Crippen LogP contribution in [-0.2, 0) is 5.79 Å². The van der Waals surface area contributed by atoms with Crippen LogP contribution in [0.15, 0.2) is 46.9 Å². The Labute approximate surface area is 117 Å². The van der Waals surface area contributed by atoms with E-state index in [0.29, 0.717) is 4.47 Å². The summed E-state index contributed by atoms with van der Waals surface area (Å²) in [6.07, 6.45) is 0. The highest BCUT2D eigenvalue weighted by atomic mass is 79.9. The first-order valence-corrected chi connectivity index (χ1v) is 6.28. The van der Waals surface area contributed by atoms with Gasteiger partial charge in [-0.05, 0) is 42.5 Å². The first kappa shape index (κ1) is 13.4. The van der Waals surface area contributed by atoms with Crippen LogP contribution < -0.4 is 0 Å². The van der Waals surface area contributed by atoms with Gasteiger partial charge in [0.05, 0.1) is 0 Å². The van der Waals surface area contributed by atoms with Gasteiger partial charge in [0.2, 0.25) is 5.79 Å². The number of phenolic OH excluding ortho intramolecular Hbond substituents is 1. The van der Waals surface area contributed by atoms with Crippen molar-refractivity contribution in [2.45, 2.75) is 5.79 Å². The van der Waals surface area contributed by atoms with Crippen molar-refractivity contribution in [2.24, 2.45) is 0 Å². The van der Waals surface area contributed by atoms with Crippen LogP contribution in [0.25, 0.3) is 0 Å². The average Bonchev–Trinajstić information content (AvgIpc) is 2.32.